The SMILES string of the molecule is Clc1ccccc1-c1[c][nH]c(I)c1. The van der Waals surface area contributed by atoms with E-state index in [4.69, 9.17) is 11.6 Å². The van der Waals surface area contributed by atoms with Gasteiger partial charge in [-0.05, 0) is 34.7 Å². The van der Waals surface area contributed by atoms with Crippen molar-refractivity contribution in [1.82, 2.24) is 4.98 Å². The number of hydrogen-bond acceptors (Lipinski definition) is 0. The van der Waals surface area contributed by atoms with E-state index in [0.29, 0.717) is 0 Å². The van der Waals surface area contributed by atoms with Gasteiger partial charge in [-0.3, -0.25) is 0 Å². The average molecular weight is 303 g/mol. The summed E-state index contributed by atoms with van der Waals surface area (Å²) in [6.45, 7) is 0. The molecule has 0 spiro atoms. The lowest BCUT2D eigenvalue weighted by molar-refractivity contribution is 1.34. The number of halogens is 2. The van der Waals surface area contributed by atoms with Gasteiger partial charge in [-0.15, -0.1) is 0 Å². The minimum absolute atomic E-state index is 0.758. The Kier molecular flexibility index (Phi) is 2.60. The highest BCUT2D eigenvalue weighted by atomic mass is 127. The van der Waals surface area contributed by atoms with E-state index in [0.717, 1.165) is 19.9 Å². The van der Waals surface area contributed by atoms with Crippen LogP contribution in [0.3, 0.4) is 0 Å². The first kappa shape index (κ1) is 9.09. The van der Waals surface area contributed by atoms with E-state index in [-0.39, 0.29) is 0 Å². The zero-order valence-corrected chi connectivity index (χ0v) is 9.56. The summed E-state index contributed by atoms with van der Waals surface area (Å²) in [4.78, 5) is 3.00. The molecule has 0 fully saturated rings. The highest BCUT2D eigenvalue weighted by Gasteiger charge is 2.03. The van der Waals surface area contributed by atoms with E-state index in [1.54, 1.807) is 0 Å². The van der Waals surface area contributed by atoms with Gasteiger partial charge in [-0.25, -0.2) is 0 Å². The maximum atomic E-state index is 6.03. The maximum absolute atomic E-state index is 6.03. The van der Waals surface area contributed by atoms with Crippen LogP contribution in [-0.2, 0) is 0 Å². The molecule has 0 amide bonds. The summed E-state index contributed by atoms with van der Waals surface area (Å²) < 4.78 is 1.06. The van der Waals surface area contributed by atoms with Crippen LogP contribution in [0.15, 0.2) is 30.3 Å². The number of nitrogens with one attached hydrogen (secondary N) is 1. The van der Waals surface area contributed by atoms with Crippen LogP contribution in [0.4, 0.5) is 0 Å². The van der Waals surface area contributed by atoms with Crippen molar-refractivity contribution in [2.45, 2.75) is 0 Å². The monoisotopic (exact) mass is 302 g/mol. The maximum Gasteiger partial charge on any atom is 0.0783 e. The predicted molar refractivity (Wildman–Crippen MR) is 62.8 cm³/mol. The molecule has 0 saturated carbocycles. The van der Waals surface area contributed by atoms with Crippen LogP contribution in [0.25, 0.3) is 11.1 Å². The molecule has 1 N–H and O–H groups in total. The smallest absolute Gasteiger partial charge is 0.0783 e. The van der Waals surface area contributed by atoms with E-state index < -0.39 is 0 Å². The molecule has 0 saturated heterocycles. The van der Waals surface area contributed by atoms with Gasteiger partial charge in [-0.2, -0.15) is 0 Å². The van der Waals surface area contributed by atoms with E-state index >= 15 is 0 Å². The Balaban J connectivity index is 2.52. The molecule has 0 aliphatic rings. The van der Waals surface area contributed by atoms with Gasteiger partial charge in [0.25, 0.3) is 0 Å². The Morgan fingerprint density at radius 2 is 2.08 bits per heavy atom. The Bertz CT molecular complexity index is 422. The minimum atomic E-state index is 0.758. The summed E-state index contributed by atoms with van der Waals surface area (Å²) in [6, 6.07) is 9.77. The summed E-state index contributed by atoms with van der Waals surface area (Å²) in [5.74, 6) is 0. The lowest BCUT2D eigenvalue weighted by Crippen LogP contribution is -1.74. The van der Waals surface area contributed by atoms with Gasteiger partial charge in [0.2, 0.25) is 0 Å². The predicted octanol–water partition coefficient (Wildman–Crippen LogP) is 3.74. The fourth-order valence-electron chi connectivity index (χ4n) is 1.15. The molecule has 2 aromatic rings. The van der Waals surface area contributed by atoms with Gasteiger partial charge in [-0.1, -0.05) is 29.8 Å². The van der Waals surface area contributed by atoms with Crippen molar-refractivity contribution < 1.29 is 0 Å². The average Bonchev–Trinajstić information content (AvgIpc) is 2.53. The fraction of sp³-hybridized carbons (Fsp3) is 0. The van der Waals surface area contributed by atoms with Gasteiger partial charge in [0.1, 0.15) is 0 Å². The van der Waals surface area contributed by atoms with E-state index in [1.165, 1.54) is 0 Å². The molecule has 0 aliphatic heterocycles. The van der Waals surface area contributed by atoms with Crippen LogP contribution >= 0.6 is 34.2 Å². The Labute approximate surface area is 95.3 Å². The molecule has 1 radical (unpaired) electrons. The van der Waals surface area contributed by atoms with Crippen molar-refractivity contribution in [2.24, 2.45) is 0 Å². The number of H-pyrrole nitrogens is 1. The molecule has 0 aliphatic carbocycles. The second-order valence-electron chi connectivity index (χ2n) is 2.64. The summed E-state index contributed by atoms with van der Waals surface area (Å²) in [5.41, 5.74) is 2.03. The fourth-order valence-corrected chi connectivity index (χ4v) is 1.83. The molecule has 0 unspecified atom stereocenters. The van der Waals surface area contributed by atoms with Gasteiger partial charge >= 0.3 is 0 Å². The third kappa shape index (κ3) is 1.89. The number of rotatable bonds is 1. The molecule has 65 valence electrons. The van der Waals surface area contributed by atoms with Crippen molar-refractivity contribution in [3.05, 3.63) is 45.3 Å². The highest BCUT2D eigenvalue weighted by molar-refractivity contribution is 14.1. The molecule has 0 atom stereocenters. The number of aromatic amines is 1. The van der Waals surface area contributed by atoms with Crippen LogP contribution in [0.1, 0.15) is 0 Å². The topological polar surface area (TPSA) is 15.8 Å². The van der Waals surface area contributed by atoms with Crippen molar-refractivity contribution in [2.75, 3.05) is 0 Å². The largest absolute Gasteiger partial charge is 0.348 e. The lowest BCUT2D eigenvalue weighted by atomic mass is 10.1. The molecule has 3 heteroatoms. The second-order valence-corrected chi connectivity index (χ2v) is 4.21. The van der Waals surface area contributed by atoms with Crippen molar-refractivity contribution in [3.8, 4) is 11.1 Å². The molecule has 1 aromatic heterocycles. The van der Waals surface area contributed by atoms with Gasteiger partial charge in [0.15, 0.2) is 0 Å². The van der Waals surface area contributed by atoms with Gasteiger partial charge in [0, 0.05) is 16.1 Å². The minimum Gasteiger partial charge on any atom is -0.348 e. The summed E-state index contributed by atoms with van der Waals surface area (Å²) in [5, 5.41) is 0.758. The third-order valence-electron chi connectivity index (χ3n) is 1.75. The van der Waals surface area contributed by atoms with E-state index in [1.807, 2.05) is 30.3 Å². The Morgan fingerprint density at radius 3 is 2.69 bits per heavy atom. The first-order valence-electron chi connectivity index (χ1n) is 3.78. The molecule has 13 heavy (non-hydrogen) atoms. The van der Waals surface area contributed by atoms with Crippen molar-refractivity contribution >= 4 is 34.2 Å². The quantitative estimate of drug-likeness (QED) is 0.772. The number of aromatic nitrogens is 1. The molecule has 1 aromatic carbocycles. The third-order valence-corrected chi connectivity index (χ3v) is 2.66. The van der Waals surface area contributed by atoms with Gasteiger partial charge in [0.05, 0.1) is 9.90 Å². The van der Waals surface area contributed by atoms with E-state index in [2.05, 4.69) is 33.8 Å². The summed E-state index contributed by atoms with van der Waals surface area (Å²) in [7, 11) is 0. The van der Waals surface area contributed by atoms with Crippen LogP contribution in [-0.4, -0.2) is 4.98 Å². The normalized spacial score (nSPS) is 10.3. The second kappa shape index (κ2) is 3.72. The van der Waals surface area contributed by atoms with Gasteiger partial charge < -0.3 is 4.98 Å². The zero-order valence-electron chi connectivity index (χ0n) is 6.64. The van der Waals surface area contributed by atoms with Crippen LogP contribution in [0, 0.1) is 9.90 Å². The van der Waals surface area contributed by atoms with Crippen molar-refractivity contribution in [1.29, 1.82) is 0 Å². The molecule has 2 rings (SSSR count). The standard InChI is InChI=1S/C10H6ClIN/c11-9-4-2-1-3-8(9)7-5-10(12)13-6-7/h1-5,13H. The first-order chi connectivity index (χ1) is 6.27. The molecule has 0 bridgehead atoms. The summed E-state index contributed by atoms with van der Waals surface area (Å²) >= 11 is 8.24. The van der Waals surface area contributed by atoms with E-state index in [9.17, 15) is 0 Å². The highest BCUT2D eigenvalue weighted by Crippen LogP contribution is 2.27. The number of benzene rings is 1. The van der Waals surface area contributed by atoms with Crippen LogP contribution in [0.5, 0.6) is 0 Å². The number of hydrogen-bond donors (Lipinski definition) is 1. The Hall–Kier alpha value is -0.480. The molecule has 1 heterocycles. The first-order valence-corrected chi connectivity index (χ1v) is 5.24. The Morgan fingerprint density at radius 1 is 1.31 bits per heavy atom. The molecule has 1 nitrogen and oxygen atoms in total. The lowest BCUT2D eigenvalue weighted by Gasteiger charge is -1.98. The summed E-state index contributed by atoms with van der Waals surface area (Å²) in [6.07, 6.45) is 3.05. The molecular formula is C10H6ClIN. The zero-order chi connectivity index (χ0) is 9.26. The van der Waals surface area contributed by atoms with Crippen molar-refractivity contribution in [3.63, 3.8) is 0 Å². The van der Waals surface area contributed by atoms with Crippen LogP contribution in [0.2, 0.25) is 5.02 Å². The van der Waals surface area contributed by atoms with Crippen LogP contribution < -0.4 is 0 Å². The molecular weight excluding hydrogens is 296 g/mol.